The van der Waals surface area contributed by atoms with Gasteiger partial charge in [-0.05, 0) is 37.6 Å². The van der Waals surface area contributed by atoms with E-state index in [1.165, 1.54) is 11.8 Å². The molecule has 0 saturated carbocycles. The topological polar surface area (TPSA) is 84.0 Å². The van der Waals surface area contributed by atoms with E-state index in [2.05, 4.69) is 0 Å². The molecule has 1 heterocycles. The molecule has 0 fully saturated rings. The molecule has 0 radical (unpaired) electrons. The molecular formula is C22H22N2O5. The number of carbonyl (C=O) groups is 4. The van der Waals surface area contributed by atoms with Crippen molar-refractivity contribution in [1.29, 1.82) is 0 Å². The summed E-state index contributed by atoms with van der Waals surface area (Å²) in [5.41, 5.74) is 1.46. The number of para-hydroxylation sites is 1. The standard InChI is InChI=1S/C22H22N2O5/c1-15(20(26)23(2)16-9-4-3-5-10-16)29-19(25)13-8-14-24-21(27)17-11-6-7-12-18(17)22(24)28/h3-7,9-12,15H,8,13-14H2,1-2H3/t15-/m0/s1. The van der Waals surface area contributed by atoms with Gasteiger partial charge in [0.1, 0.15) is 0 Å². The normalized spacial score (nSPS) is 13.8. The molecule has 7 nitrogen and oxygen atoms in total. The third-order valence-corrected chi connectivity index (χ3v) is 4.77. The van der Waals surface area contributed by atoms with Crippen molar-refractivity contribution < 1.29 is 23.9 Å². The van der Waals surface area contributed by atoms with Crippen LogP contribution in [0, 0.1) is 0 Å². The number of ether oxygens (including phenoxy) is 1. The van der Waals surface area contributed by atoms with Gasteiger partial charge in [-0.3, -0.25) is 24.1 Å². The fraction of sp³-hybridized carbons (Fsp3) is 0.273. The van der Waals surface area contributed by atoms with E-state index in [9.17, 15) is 19.2 Å². The van der Waals surface area contributed by atoms with E-state index in [1.54, 1.807) is 43.4 Å². The first kappa shape index (κ1) is 20.3. The maximum atomic E-state index is 12.4. The first-order chi connectivity index (χ1) is 13.9. The van der Waals surface area contributed by atoms with Crippen LogP contribution in [0.25, 0.3) is 0 Å². The summed E-state index contributed by atoms with van der Waals surface area (Å²) in [5.74, 6) is -1.60. The number of rotatable bonds is 7. The number of carbonyl (C=O) groups excluding carboxylic acids is 4. The van der Waals surface area contributed by atoms with Crippen molar-refractivity contribution in [3.8, 4) is 0 Å². The summed E-state index contributed by atoms with van der Waals surface area (Å²) < 4.78 is 5.22. The zero-order valence-electron chi connectivity index (χ0n) is 16.3. The molecule has 0 aromatic heterocycles. The number of amides is 3. The number of fused-ring (bicyclic) bond motifs is 1. The van der Waals surface area contributed by atoms with Gasteiger partial charge in [0.05, 0.1) is 11.1 Å². The summed E-state index contributed by atoms with van der Waals surface area (Å²) in [6, 6.07) is 15.7. The highest BCUT2D eigenvalue weighted by atomic mass is 16.5. The highest BCUT2D eigenvalue weighted by molar-refractivity contribution is 6.21. The molecule has 2 aromatic rings. The van der Waals surface area contributed by atoms with Gasteiger partial charge in [-0.2, -0.15) is 0 Å². The number of benzene rings is 2. The van der Waals surface area contributed by atoms with Gasteiger partial charge in [-0.25, -0.2) is 0 Å². The fourth-order valence-electron chi connectivity index (χ4n) is 3.18. The van der Waals surface area contributed by atoms with Gasteiger partial charge >= 0.3 is 5.97 Å². The van der Waals surface area contributed by atoms with Crippen LogP contribution in [0.3, 0.4) is 0 Å². The molecule has 0 spiro atoms. The Hall–Kier alpha value is -3.48. The maximum absolute atomic E-state index is 12.4. The summed E-state index contributed by atoms with van der Waals surface area (Å²) in [7, 11) is 1.62. The number of likely N-dealkylation sites (N-methyl/N-ethyl adjacent to an activating group) is 1. The summed E-state index contributed by atoms with van der Waals surface area (Å²) >= 11 is 0. The third-order valence-electron chi connectivity index (χ3n) is 4.77. The summed E-state index contributed by atoms with van der Waals surface area (Å²) in [5, 5.41) is 0. The number of nitrogens with zero attached hydrogens (tertiary/aromatic N) is 2. The van der Waals surface area contributed by atoms with Crippen LogP contribution in [0.2, 0.25) is 0 Å². The van der Waals surface area contributed by atoms with Gasteiger partial charge in [0.2, 0.25) is 0 Å². The minimum absolute atomic E-state index is 0.0000759. The third kappa shape index (κ3) is 4.34. The van der Waals surface area contributed by atoms with E-state index >= 15 is 0 Å². The molecule has 1 atom stereocenters. The Morgan fingerprint density at radius 1 is 0.966 bits per heavy atom. The predicted octanol–water partition coefficient (Wildman–Crippen LogP) is 2.66. The van der Waals surface area contributed by atoms with Gasteiger partial charge in [-0.15, -0.1) is 0 Å². The van der Waals surface area contributed by atoms with Crippen LogP contribution in [0.15, 0.2) is 54.6 Å². The van der Waals surface area contributed by atoms with Crippen LogP contribution < -0.4 is 4.90 Å². The van der Waals surface area contributed by atoms with Crippen LogP contribution in [-0.2, 0) is 14.3 Å². The Bertz CT molecular complexity index is 906. The van der Waals surface area contributed by atoms with Crippen molar-refractivity contribution in [3.63, 3.8) is 0 Å². The number of hydrogen-bond donors (Lipinski definition) is 0. The van der Waals surface area contributed by atoms with Gasteiger partial charge in [0.15, 0.2) is 6.10 Å². The molecular weight excluding hydrogens is 372 g/mol. The highest BCUT2D eigenvalue weighted by Crippen LogP contribution is 2.22. The van der Waals surface area contributed by atoms with Crippen molar-refractivity contribution in [2.24, 2.45) is 0 Å². The van der Waals surface area contributed by atoms with Gasteiger partial charge in [-0.1, -0.05) is 30.3 Å². The van der Waals surface area contributed by atoms with Gasteiger partial charge in [0, 0.05) is 25.7 Å². The van der Waals surface area contributed by atoms with Crippen LogP contribution in [-0.4, -0.2) is 48.3 Å². The fourth-order valence-corrected chi connectivity index (χ4v) is 3.18. The SMILES string of the molecule is C[C@H](OC(=O)CCCN1C(=O)c2ccccc2C1=O)C(=O)N(C)c1ccccc1. The van der Waals surface area contributed by atoms with Crippen LogP contribution in [0.4, 0.5) is 5.69 Å². The Kier molecular flexibility index (Phi) is 6.07. The lowest BCUT2D eigenvalue weighted by molar-refractivity contribution is -0.153. The highest BCUT2D eigenvalue weighted by Gasteiger charge is 2.34. The van der Waals surface area contributed by atoms with Crippen molar-refractivity contribution in [3.05, 3.63) is 65.7 Å². The lowest BCUT2D eigenvalue weighted by atomic mass is 10.1. The van der Waals surface area contributed by atoms with Crippen molar-refractivity contribution in [2.45, 2.75) is 25.9 Å². The second-order valence-corrected chi connectivity index (χ2v) is 6.78. The zero-order chi connectivity index (χ0) is 21.0. The summed E-state index contributed by atoms with van der Waals surface area (Å²) in [6.45, 7) is 1.64. The largest absolute Gasteiger partial charge is 0.453 e. The summed E-state index contributed by atoms with van der Waals surface area (Å²) in [6.07, 6.45) is -0.674. The average molecular weight is 394 g/mol. The van der Waals surface area contributed by atoms with Crippen molar-refractivity contribution >= 4 is 29.4 Å². The van der Waals surface area contributed by atoms with Crippen LogP contribution in [0.1, 0.15) is 40.5 Å². The van der Waals surface area contributed by atoms with E-state index in [1.807, 2.05) is 18.2 Å². The molecule has 0 N–H and O–H groups in total. The molecule has 2 aromatic carbocycles. The van der Waals surface area contributed by atoms with Gasteiger partial charge < -0.3 is 9.64 Å². The second-order valence-electron chi connectivity index (χ2n) is 6.78. The number of hydrogen-bond acceptors (Lipinski definition) is 5. The van der Waals surface area contributed by atoms with E-state index in [0.29, 0.717) is 16.8 Å². The maximum Gasteiger partial charge on any atom is 0.306 e. The minimum Gasteiger partial charge on any atom is -0.453 e. The first-order valence-corrected chi connectivity index (χ1v) is 9.37. The molecule has 1 aliphatic heterocycles. The zero-order valence-corrected chi connectivity index (χ0v) is 16.3. The van der Waals surface area contributed by atoms with E-state index in [0.717, 1.165) is 4.90 Å². The number of imide groups is 1. The molecule has 0 bridgehead atoms. The molecule has 0 saturated heterocycles. The quantitative estimate of drug-likeness (QED) is 0.533. The van der Waals surface area contributed by atoms with Crippen molar-refractivity contribution in [1.82, 2.24) is 4.90 Å². The van der Waals surface area contributed by atoms with Crippen LogP contribution in [0.5, 0.6) is 0 Å². The minimum atomic E-state index is -0.938. The molecule has 0 unspecified atom stereocenters. The first-order valence-electron chi connectivity index (χ1n) is 9.37. The monoisotopic (exact) mass is 394 g/mol. The number of anilines is 1. The molecule has 150 valence electrons. The molecule has 3 amide bonds. The predicted molar refractivity (Wildman–Crippen MR) is 106 cm³/mol. The van der Waals surface area contributed by atoms with E-state index < -0.39 is 12.1 Å². The van der Waals surface area contributed by atoms with E-state index in [4.69, 9.17) is 4.74 Å². The lowest BCUT2D eigenvalue weighted by Crippen LogP contribution is -2.37. The van der Waals surface area contributed by atoms with E-state index in [-0.39, 0.29) is 37.1 Å². The molecule has 29 heavy (non-hydrogen) atoms. The Balaban J connectivity index is 1.47. The Labute approximate surface area is 168 Å². The van der Waals surface area contributed by atoms with Crippen molar-refractivity contribution in [2.75, 3.05) is 18.5 Å². The van der Waals surface area contributed by atoms with Crippen LogP contribution >= 0.6 is 0 Å². The number of esters is 1. The molecule has 0 aliphatic carbocycles. The Morgan fingerprint density at radius 2 is 1.52 bits per heavy atom. The lowest BCUT2D eigenvalue weighted by Gasteiger charge is -2.21. The second kappa shape index (κ2) is 8.68. The molecule has 3 rings (SSSR count). The summed E-state index contributed by atoms with van der Waals surface area (Å²) in [4.78, 5) is 51.7. The smallest absolute Gasteiger partial charge is 0.306 e. The Morgan fingerprint density at radius 3 is 2.10 bits per heavy atom. The molecule has 7 heteroatoms. The average Bonchev–Trinajstić information content (AvgIpc) is 2.98. The molecule has 1 aliphatic rings. The van der Waals surface area contributed by atoms with Gasteiger partial charge in [0.25, 0.3) is 17.7 Å².